The molecule has 3 aromatic rings. The van der Waals surface area contributed by atoms with E-state index in [1.165, 1.54) is 5.69 Å². The van der Waals surface area contributed by atoms with Crippen LogP contribution in [0.15, 0.2) is 66.7 Å². The van der Waals surface area contributed by atoms with E-state index in [1.54, 1.807) is 0 Å². The van der Waals surface area contributed by atoms with Gasteiger partial charge in [-0.3, -0.25) is 4.79 Å². The smallest absolute Gasteiger partial charge is 0.236 e. The predicted molar refractivity (Wildman–Crippen MR) is 115 cm³/mol. The van der Waals surface area contributed by atoms with E-state index >= 15 is 0 Å². The van der Waals surface area contributed by atoms with E-state index < -0.39 is 0 Å². The summed E-state index contributed by atoms with van der Waals surface area (Å²) < 4.78 is 1.93. The average Bonchev–Trinajstić information content (AvgIpc) is 3.15. The lowest BCUT2D eigenvalue weighted by Gasteiger charge is -2.36. The minimum atomic E-state index is 0.150. The molecule has 0 radical (unpaired) electrons. The fourth-order valence-electron chi connectivity index (χ4n) is 3.72. The van der Waals surface area contributed by atoms with Gasteiger partial charge in [0.15, 0.2) is 0 Å². The molecule has 0 spiro atoms. The van der Waals surface area contributed by atoms with Gasteiger partial charge in [-0.25, -0.2) is 4.68 Å². The third-order valence-corrected chi connectivity index (χ3v) is 5.27. The van der Waals surface area contributed by atoms with Gasteiger partial charge in [-0.2, -0.15) is 5.10 Å². The number of aryl methyl sites for hydroxylation is 1. The first-order valence-corrected chi connectivity index (χ1v) is 10.1. The zero-order valence-electron chi connectivity index (χ0n) is 16.8. The van der Waals surface area contributed by atoms with E-state index in [-0.39, 0.29) is 5.91 Å². The van der Waals surface area contributed by atoms with Crippen LogP contribution in [0.1, 0.15) is 11.4 Å². The maximum absolute atomic E-state index is 12.5. The van der Waals surface area contributed by atoms with Crippen LogP contribution in [-0.4, -0.2) is 53.3 Å². The molecular weight excluding hydrogens is 362 g/mol. The molecule has 2 aromatic carbocycles. The Morgan fingerprint density at radius 3 is 2.21 bits per heavy atom. The van der Waals surface area contributed by atoms with Gasteiger partial charge in [0.1, 0.15) is 0 Å². The molecule has 0 bridgehead atoms. The molecule has 29 heavy (non-hydrogen) atoms. The van der Waals surface area contributed by atoms with Crippen LogP contribution in [0.25, 0.3) is 5.69 Å². The first kappa shape index (κ1) is 19.2. The number of hydrogen-bond donors (Lipinski definition) is 1. The number of carbonyl (C=O) groups excluding carboxylic acids is 1. The third-order valence-electron chi connectivity index (χ3n) is 5.27. The van der Waals surface area contributed by atoms with Gasteiger partial charge in [-0.1, -0.05) is 36.4 Å². The summed E-state index contributed by atoms with van der Waals surface area (Å²) in [5, 5.41) is 7.91. The van der Waals surface area contributed by atoms with Crippen molar-refractivity contribution in [1.82, 2.24) is 20.0 Å². The Bertz CT molecular complexity index is 930. The number of aromatic nitrogens is 2. The lowest BCUT2D eigenvalue weighted by Crippen LogP contribution is -2.50. The lowest BCUT2D eigenvalue weighted by molar-refractivity contribution is -0.130. The molecule has 1 aliphatic heterocycles. The maximum atomic E-state index is 12.5. The molecule has 1 aromatic heterocycles. The zero-order valence-corrected chi connectivity index (χ0v) is 16.8. The highest BCUT2D eigenvalue weighted by molar-refractivity contribution is 5.78. The number of piperazine rings is 1. The fraction of sp³-hybridized carbons (Fsp3) is 0.304. The van der Waals surface area contributed by atoms with Crippen LogP contribution in [0.5, 0.6) is 0 Å². The van der Waals surface area contributed by atoms with Gasteiger partial charge in [0.25, 0.3) is 0 Å². The fourth-order valence-corrected chi connectivity index (χ4v) is 3.72. The Labute approximate surface area is 171 Å². The number of rotatable bonds is 6. The van der Waals surface area contributed by atoms with E-state index in [1.807, 2.05) is 52.9 Å². The van der Waals surface area contributed by atoms with Crippen LogP contribution in [0.2, 0.25) is 0 Å². The lowest BCUT2D eigenvalue weighted by atomic mass is 10.2. The molecule has 4 rings (SSSR count). The van der Waals surface area contributed by atoms with Crippen LogP contribution in [0, 0.1) is 6.92 Å². The number of anilines is 1. The summed E-state index contributed by atoms with van der Waals surface area (Å²) in [4.78, 5) is 16.8. The van der Waals surface area contributed by atoms with Crippen LogP contribution in [0.4, 0.5) is 5.69 Å². The topological polar surface area (TPSA) is 53.4 Å². The minimum Gasteiger partial charge on any atom is -0.368 e. The van der Waals surface area contributed by atoms with Gasteiger partial charge >= 0.3 is 0 Å². The summed E-state index contributed by atoms with van der Waals surface area (Å²) in [5.74, 6) is 0.150. The van der Waals surface area contributed by atoms with Crippen LogP contribution in [-0.2, 0) is 11.3 Å². The van der Waals surface area contributed by atoms with E-state index in [0.29, 0.717) is 13.1 Å². The SMILES string of the molecule is Cc1cc(CNCC(=O)N2CCN(c3ccccc3)CC2)nn1-c1ccccc1. The minimum absolute atomic E-state index is 0.150. The highest BCUT2D eigenvalue weighted by atomic mass is 16.2. The number of benzene rings is 2. The number of nitrogens with one attached hydrogen (secondary N) is 1. The number of amides is 1. The molecule has 0 saturated carbocycles. The monoisotopic (exact) mass is 389 g/mol. The zero-order chi connectivity index (χ0) is 20.1. The van der Waals surface area contributed by atoms with Gasteiger partial charge in [0.05, 0.1) is 17.9 Å². The average molecular weight is 390 g/mol. The summed E-state index contributed by atoms with van der Waals surface area (Å²) in [5.41, 5.74) is 4.29. The molecule has 1 N–H and O–H groups in total. The normalized spacial score (nSPS) is 14.2. The Balaban J connectivity index is 1.25. The molecular formula is C23H27N5O. The molecule has 2 heterocycles. The van der Waals surface area contributed by atoms with E-state index in [4.69, 9.17) is 0 Å². The van der Waals surface area contributed by atoms with E-state index in [9.17, 15) is 4.79 Å². The van der Waals surface area contributed by atoms with Gasteiger partial charge in [-0.05, 0) is 37.3 Å². The van der Waals surface area contributed by atoms with Crippen molar-refractivity contribution in [3.63, 3.8) is 0 Å². The van der Waals surface area contributed by atoms with Gasteiger partial charge in [-0.15, -0.1) is 0 Å². The van der Waals surface area contributed by atoms with Crippen LogP contribution in [0.3, 0.4) is 0 Å². The summed E-state index contributed by atoms with van der Waals surface area (Å²) in [7, 11) is 0. The highest BCUT2D eigenvalue weighted by Crippen LogP contribution is 2.15. The van der Waals surface area contributed by atoms with Gasteiger partial charge in [0.2, 0.25) is 5.91 Å². The second-order valence-electron chi connectivity index (χ2n) is 7.33. The van der Waals surface area contributed by atoms with Crippen molar-refractivity contribution >= 4 is 11.6 Å². The molecule has 6 heteroatoms. The Kier molecular flexibility index (Phi) is 5.91. The Hall–Kier alpha value is -3.12. The van der Waals surface area contributed by atoms with E-state index in [2.05, 4.69) is 45.6 Å². The van der Waals surface area contributed by atoms with E-state index in [0.717, 1.165) is 43.3 Å². The summed E-state index contributed by atoms with van der Waals surface area (Å²) in [6.45, 7) is 6.22. The first-order valence-electron chi connectivity index (χ1n) is 10.1. The molecule has 6 nitrogen and oxygen atoms in total. The van der Waals surface area contributed by atoms with Crippen molar-refractivity contribution < 1.29 is 4.79 Å². The van der Waals surface area contributed by atoms with Crippen molar-refractivity contribution in [2.45, 2.75) is 13.5 Å². The Morgan fingerprint density at radius 1 is 0.931 bits per heavy atom. The first-order chi connectivity index (χ1) is 14.2. The molecule has 0 aliphatic carbocycles. The molecule has 0 unspecified atom stereocenters. The van der Waals surface area contributed by atoms with Crippen LogP contribution >= 0.6 is 0 Å². The molecule has 1 amide bonds. The van der Waals surface area contributed by atoms with Crippen molar-refractivity contribution in [1.29, 1.82) is 0 Å². The molecule has 0 atom stereocenters. The standard InChI is InChI=1S/C23H27N5O/c1-19-16-20(25-28(19)22-10-6-3-7-11-22)17-24-18-23(29)27-14-12-26(13-15-27)21-8-4-2-5-9-21/h2-11,16,24H,12-15,17-18H2,1H3. The van der Waals surface area contributed by atoms with Gasteiger partial charge < -0.3 is 15.1 Å². The second kappa shape index (κ2) is 8.92. The Morgan fingerprint density at radius 2 is 1.55 bits per heavy atom. The van der Waals surface area contributed by atoms with Crippen molar-refractivity contribution in [2.75, 3.05) is 37.6 Å². The predicted octanol–water partition coefficient (Wildman–Crippen LogP) is 2.62. The van der Waals surface area contributed by atoms with Gasteiger partial charge in [0, 0.05) is 44.1 Å². The largest absolute Gasteiger partial charge is 0.368 e. The quantitative estimate of drug-likeness (QED) is 0.704. The molecule has 1 fully saturated rings. The second-order valence-corrected chi connectivity index (χ2v) is 7.33. The molecule has 1 saturated heterocycles. The summed E-state index contributed by atoms with van der Waals surface area (Å²) >= 11 is 0. The number of carbonyl (C=O) groups is 1. The number of hydrogen-bond acceptors (Lipinski definition) is 4. The third kappa shape index (κ3) is 4.66. The van der Waals surface area contributed by atoms with Crippen LogP contribution < -0.4 is 10.2 Å². The number of nitrogens with zero attached hydrogens (tertiary/aromatic N) is 4. The summed E-state index contributed by atoms with van der Waals surface area (Å²) in [6.07, 6.45) is 0. The molecule has 1 aliphatic rings. The molecule has 150 valence electrons. The summed E-state index contributed by atoms with van der Waals surface area (Å²) in [6, 6.07) is 22.5. The highest BCUT2D eigenvalue weighted by Gasteiger charge is 2.20. The van der Waals surface area contributed by atoms with Crippen molar-refractivity contribution in [2.24, 2.45) is 0 Å². The maximum Gasteiger partial charge on any atom is 0.236 e. The van der Waals surface area contributed by atoms with Crippen molar-refractivity contribution in [3.8, 4) is 5.69 Å². The van der Waals surface area contributed by atoms with Crippen molar-refractivity contribution in [3.05, 3.63) is 78.1 Å². The number of para-hydroxylation sites is 2.